The molecule has 2 aromatic heterocycles. The molecule has 0 saturated carbocycles. The Morgan fingerprint density at radius 2 is 1.71 bits per heavy atom. The lowest BCUT2D eigenvalue weighted by molar-refractivity contribution is 1.13. The number of benzene rings is 1. The van der Waals surface area contributed by atoms with Gasteiger partial charge in [0, 0.05) is 16.2 Å². The molecule has 2 heterocycles. The molecule has 104 valence electrons. The van der Waals surface area contributed by atoms with Gasteiger partial charge in [0.1, 0.15) is 11.5 Å². The zero-order chi connectivity index (χ0) is 14.8. The number of aromatic nitrogens is 3. The number of nitrogens with zero attached hydrogens (tertiary/aromatic N) is 3. The van der Waals surface area contributed by atoms with Gasteiger partial charge in [0.05, 0.1) is 9.26 Å². The van der Waals surface area contributed by atoms with Gasteiger partial charge in [0.2, 0.25) is 0 Å². The minimum Gasteiger partial charge on any atom is -0.383 e. The summed E-state index contributed by atoms with van der Waals surface area (Å²) in [6.45, 7) is 0. The van der Waals surface area contributed by atoms with Crippen LogP contribution >= 0.6 is 38.5 Å². The highest BCUT2D eigenvalue weighted by Gasteiger charge is 2.15. The van der Waals surface area contributed by atoms with Crippen molar-refractivity contribution in [1.82, 2.24) is 15.0 Å². The normalized spacial score (nSPS) is 10.6. The summed E-state index contributed by atoms with van der Waals surface area (Å²) in [5.41, 5.74) is 8.54. The highest BCUT2D eigenvalue weighted by molar-refractivity contribution is 14.1. The third-order valence-electron chi connectivity index (χ3n) is 2.89. The van der Waals surface area contributed by atoms with E-state index in [-0.39, 0.29) is 0 Å². The van der Waals surface area contributed by atoms with E-state index in [0.717, 1.165) is 19.3 Å². The van der Waals surface area contributed by atoms with E-state index in [1.165, 1.54) is 0 Å². The molecule has 0 amide bonds. The first kappa shape index (κ1) is 14.4. The van der Waals surface area contributed by atoms with Gasteiger partial charge in [-0.3, -0.25) is 4.98 Å². The largest absolute Gasteiger partial charge is 0.383 e. The van der Waals surface area contributed by atoms with Crippen LogP contribution in [0.2, 0.25) is 0 Å². The van der Waals surface area contributed by atoms with Crippen LogP contribution in [0.1, 0.15) is 0 Å². The lowest BCUT2D eigenvalue weighted by atomic mass is 10.1. The fourth-order valence-electron chi connectivity index (χ4n) is 1.91. The van der Waals surface area contributed by atoms with Crippen molar-refractivity contribution < 1.29 is 0 Å². The van der Waals surface area contributed by atoms with Gasteiger partial charge in [-0.1, -0.05) is 30.3 Å². The highest BCUT2D eigenvalue weighted by Crippen LogP contribution is 2.30. The van der Waals surface area contributed by atoms with Gasteiger partial charge >= 0.3 is 0 Å². The standard InChI is InChI=1S/C15H10BrIN4/c16-10-7-4-8-19-13(10)15-20-12(11(17)14(18)21-15)9-5-2-1-3-6-9/h1-8H,(H2,18,20,21). The van der Waals surface area contributed by atoms with Crippen molar-refractivity contribution in [1.29, 1.82) is 0 Å². The van der Waals surface area contributed by atoms with E-state index in [2.05, 4.69) is 53.5 Å². The van der Waals surface area contributed by atoms with Crippen LogP contribution in [-0.2, 0) is 0 Å². The summed E-state index contributed by atoms with van der Waals surface area (Å²) in [7, 11) is 0. The summed E-state index contributed by atoms with van der Waals surface area (Å²) >= 11 is 5.64. The Kier molecular flexibility index (Phi) is 4.16. The van der Waals surface area contributed by atoms with Gasteiger partial charge in [0.15, 0.2) is 5.82 Å². The van der Waals surface area contributed by atoms with Crippen molar-refractivity contribution in [2.24, 2.45) is 0 Å². The van der Waals surface area contributed by atoms with Crippen molar-refractivity contribution in [2.75, 3.05) is 5.73 Å². The lowest BCUT2D eigenvalue weighted by Crippen LogP contribution is -2.03. The predicted octanol–water partition coefficient (Wildman–Crippen LogP) is 4.15. The Labute approximate surface area is 144 Å². The van der Waals surface area contributed by atoms with E-state index < -0.39 is 0 Å². The molecule has 0 radical (unpaired) electrons. The number of pyridine rings is 1. The Hall–Kier alpha value is -1.54. The SMILES string of the molecule is Nc1nc(-c2ncccc2Br)nc(-c2ccccc2)c1I. The van der Waals surface area contributed by atoms with E-state index in [1.54, 1.807) is 6.20 Å². The van der Waals surface area contributed by atoms with Crippen LogP contribution in [0.3, 0.4) is 0 Å². The first-order chi connectivity index (χ1) is 10.2. The van der Waals surface area contributed by atoms with E-state index >= 15 is 0 Å². The van der Waals surface area contributed by atoms with Crippen molar-refractivity contribution in [3.63, 3.8) is 0 Å². The third kappa shape index (κ3) is 2.91. The summed E-state index contributed by atoms with van der Waals surface area (Å²) in [5, 5.41) is 0. The number of rotatable bonds is 2. The van der Waals surface area contributed by atoms with Crippen LogP contribution < -0.4 is 5.73 Å². The Morgan fingerprint density at radius 3 is 2.43 bits per heavy atom. The molecule has 0 unspecified atom stereocenters. The summed E-state index contributed by atoms with van der Waals surface area (Å²) < 4.78 is 1.68. The van der Waals surface area contributed by atoms with Gasteiger partial charge in [-0.25, -0.2) is 9.97 Å². The van der Waals surface area contributed by atoms with Gasteiger partial charge < -0.3 is 5.73 Å². The number of anilines is 1. The molecule has 2 N–H and O–H groups in total. The zero-order valence-corrected chi connectivity index (χ0v) is 14.5. The van der Waals surface area contributed by atoms with Crippen molar-refractivity contribution >= 4 is 44.3 Å². The number of hydrogen-bond acceptors (Lipinski definition) is 4. The average Bonchev–Trinajstić information content (AvgIpc) is 2.51. The molecular weight excluding hydrogens is 443 g/mol. The van der Waals surface area contributed by atoms with Crippen LogP contribution in [0.25, 0.3) is 22.8 Å². The average molecular weight is 453 g/mol. The third-order valence-corrected chi connectivity index (χ3v) is 4.60. The van der Waals surface area contributed by atoms with Crippen molar-refractivity contribution in [3.8, 4) is 22.8 Å². The van der Waals surface area contributed by atoms with E-state index in [4.69, 9.17) is 5.73 Å². The first-order valence-corrected chi connectivity index (χ1v) is 8.03. The Bertz CT molecular complexity index is 793. The van der Waals surface area contributed by atoms with Crippen LogP contribution in [0.4, 0.5) is 5.82 Å². The van der Waals surface area contributed by atoms with Crippen LogP contribution in [0.15, 0.2) is 53.1 Å². The molecule has 0 atom stereocenters. The van der Waals surface area contributed by atoms with Crippen molar-refractivity contribution in [3.05, 3.63) is 56.7 Å². The molecule has 1 aromatic carbocycles. The van der Waals surface area contributed by atoms with E-state index in [1.807, 2.05) is 42.5 Å². The van der Waals surface area contributed by atoms with Gasteiger partial charge in [0.25, 0.3) is 0 Å². The smallest absolute Gasteiger partial charge is 0.181 e. The second-order valence-corrected chi connectivity index (χ2v) is 6.23. The number of nitrogens with two attached hydrogens (primary N) is 1. The topological polar surface area (TPSA) is 64.7 Å². The molecule has 0 aliphatic rings. The Balaban J connectivity index is 2.22. The summed E-state index contributed by atoms with van der Waals surface area (Å²) in [4.78, 5) is 13.3. The maximum Gasteiger partial charge on any atom is 0.181 e. The molecule has 6 heteroatoms. The van der Waals surface area contributed by atoms with Crippen LogP contribution in [0.5, 0.6) is 0 Å². The maximum absolute atomic E-state index is 6.04. The number of hydrogen-bond donors (Lipinski definition) is 1. The first-order valence-electron chi connectivity index (χ1n) is 6.16. The molecule has 0 aliphatic heterocycles. The maximum atomic E-state index is 6.04. The van der Waals surface area contributed by atoms with E-state index in [9.17, 15) is 0 Å². The minimum absolute atomic E-state index is 0.456. The number of nitrogen functional groups attached to an aromatic ring is 1. The monoisotopic (exact) mass is 452 g/mol. The summed E-state index contributed by atoms with van der Waals surface area (Å²) in [6.07, 6.45) is 1.71. The molecule has 3 aromatic rings. The molecule has 4 nitrogen and oxygen atoms in total. The van der Waals surface area contributed by atoms with Gasteiger partial charge in [-0.15, -0.1) is 0 Å². The lowest BCUT2D eigenvalue weighted by Gasteiger charge is -2.09. The molecule has 0 bridgehead atoms. The molecule has 0 aliphatic carbocycles. The van der Waals surface area contributed by atoms with Gasteiger partial charge in [-0.05, 0) is 50.7 Å². The quantitative estimate of drug-likeness (QED) is 0.593. The van der Waals surface area contributed by atoms with E-state index in [0.29, 0.717) is 17.3 Å². The molecule has 3 rings (SSSR count). The fraction of sp³-hybridized carbons (Fsp3) is 0. The highest BCUT2D eigenvalue weighted by atomic mass is 127. The molecular formula is C15H10BrIN4. The van der Waals surface area contributed by atoms with Gasteiger partial charge in [-0.2, -0.15) is 0 Å². The summed E-state index contributed by atoms with van der Waals surface area (Å²) in [5.74, 6) is 0.969. The molecule has 0 fully saturated rings. The van der Waals surface area contributed by atoms with Crippen LogP contribution in [-0.4, -0.2) is 15.0 Å². The molecule has 0 saturated heterocycles. The zero-order valence-electron chi connectivity index (χ0n) is 10.8. The van der Waals surface area contributed by atoms with Crippen LogP contribution in [0, 0.1) is 3.57 Å². The fourth-order valence-corrected chi connectivity index (χ4v) is 2.89. The second-order valence-electron chi connectivity index (χ2n) is 4.29. The van der Waals surface area contributed by atoms with Crippen molar-refractivity contribution in [2.45, 2.75) is 0 Å². The Morgan fingerprint density at radius 1 is 0.952 bits per heavy atom. The number of halogens is 2. The molecule has 0 spiro atoms. The summed E-state index contributed by atoms with van der Waals surface area (Å²) in [6, 6.07) is 13.7. The molecule has 21 heavy (non-hydrogen) atoms. The second kappa shape index (κ2) is 6.07. The minimum atomic E-state index is 0.456. The predicted molar refractivity (Wildman–Crippen MR) is 95.5 cm³/mol.